The molecule has 0 bridgehead atoms. The molecule has 16 heavy (non-hydrogen) atoms. The Hall–Kier alpha value is -1.10. The molecule has 0 aromatic rings. The Kier molecular flexibility index (Phi) is 3.57. The maximum Gasteiger partial charge on any atom is 0.322 e. The molecule has 1 saturated heterocycles. The van der Waals surface area contributed by atoms with Gasteiger partial charge in [0.15, 0.2) is 0 Å². The van der Waals surface area contributed by atoms with Crippen molar-refractivity contribution in [2.24, 2.45) is 5.41 Å². The third kappa shape index (κ3) is 2.72. The Morgan fingerprint density at radius 3 is 2.50 bits per heavy atom. The topological polar surface area (TPSA) is 69.6 Å². The normalized spacial score (nSPS) is 28.4. The average Bonchev–Trinajstić information content (AvgIpc) is 2.25. The largest absolute Gasteiger partial charge is 0.480 e. The van der Waals surface area contributed by atoms with Crippen LogP contribution in [0.3, 0.4) is 0 Å². The molecule has 0 aromatic heterocycles. The van der Waals surface area contributed by atoms with Crippen LogP contribution in [0, 0.1) is 5.41 Å². The first-order chi connectivity index (χ1) is 7.23. The van der Waals surface area contributed by atoms with Crippen molar-refractivity contribution in [3.63, 3.8) is 0 Å². The molecule has 5 heteroatoms. The highest BCUT2D eigenvalue weighted by Crippen LogP contribution is 2.28. The molecular formula is C11H20N2O3. The zero-order valence-corrected chi connectivity index (χ0v) is 10.3. The molecule has 0 radical (unpaired) electrons. The molecule has 2 unspecified atom stereocenters. The Labute approximate surface area is 95.8 Å². The molecule has 0 aliphatic carbocycles. The fraction of sp³-hybridized carbons (Fsp3) is 0.818. The lowest BCUT2D eigenvalue weighted by molar-refractivity contribution is -0.144. The molecule has 1 heterocycles. The van der Waals surface area contributed by atoms with Crippen molar-refractivity contribution >= 4 is 11.9 Å². The smallest absolute Gasteiger partial charge is 0.322 e. The summed E-state index contributed by atoms with van der Waals surface area (Å²) in [6, 6.07) is -0.702. The van der Waals surface area contributed by atoms with E-state index in [4.69, 9.17) is 5.11 Å². The van der Waals surface area contributed by atoms with Crippen molar-refractivity contribution in [2.75, 3.05) is 13.6 Å². The van der Waals surface area contributed by atoms with Gasteiger partial charge in [0.05, 0.1) is 0 Å². The van der Waals surface area contributed by atoms with E-state index >= 15 is 0 Å². The average molecular weight is 228 g/mol. The molecule has 2 N–H and O–H groups in total. The number of likely N-dealkylation sites (N-methyl/N-ethyl adjacent to an activating group) is 1. The Bertz CT molecular complexity index is 296. The third-order valence-corrected chi connectivity index (χ3v) is 3.14. The number of carboxylic acids is 1. The van der Waals surface area contributed by atoms with Crippen molar-refractivity contribution < 1.29 is 14.7 Å². The van der Waals surface area contributed by atoms with E-state index in [9.17, 15) is 9.59 Å². The summed E-state index contributed by atoms with van der Waals surface area (Å²) in [6.45, 7) is 6.24. The molecule has 1 rings (SSSR count). The lowest BCUT2D eigenvalue weighted by Crippen LogP contribution is -2.51. The zero-order chi connectivity index (χ0) is 12.5. The molecule has 1 aliphatic heterocycles. The molecule has 1 amide bonds. The summed E-state index contributed by atoms with van der Waals surface area (Å²) in [7, 11) is 1.77. The predicted molar refractivity (Wildman–Crippen MR) is 60.1 cm³/mol. The van der Waals surface area contributed by atoms with Crippen LogP contribution in [0.4, 0.5) is 0 Å². The fourth-order valence-corrected chi connectivity index (χ4v) is 2.14. The van der Waals surface area contributed by atoms with E-state index in [0.29, 0.717) is 6.42 Å². The van der Waals surface area contributed by atoms with Crippen LogP contribution < -0.4 is 5.32 Å². The van der Waals surface area contributed by atoms with Crippen molar-refractivity contribution in [3.8, 4) is 0 Å². The predicted octanol–water partition coefficient (Wildman–Crippen LogP) is 0.306. The first-order valence-corrected chi connectivity index (χ1v) is 5.45. The van der Waals surface area contributed by atoms with Gasteiger partial charge in [0.2, 0.25) is 5.91 Å². The minimum atomic E-state index is -0.890. The molecule has 1 aliphatic rings. The van der Waals surface area contributed by atoms with Crippen LogP contribution >= 0.6 is 0 Å². The van der Waals surface area contributed by atoms with Crippen LogP contribution in [-0.4, -0.2) is 47.6 Å². The molecule has 2 atom stereocenters. The summed E-state index contributed by atoms with van der Waals surface area (Å²) in [6.07, 6.45) is 0.351. The van der Waals surface area contributed by atoms with Crippen molar-refractivity contribution in [3.05, 3.63) is 0 Å². The number of hydrogen-bond donors (Lipinski definition) is 2. The van der Waals surface area contributed by atoms with Crippen LogP contribution in [-0.2, 0) is 9.59 Å². The second-order valence-electron chi connectivity index (χ2n) is 5.41. The Morgan fingerprint density at radius 1 is 1.50 bits per heavy atom. The van der Waals surface area contributed by atoms with E-state index < -0.39 is 12.0 Å². The van der Waals surface area contributed by atoms with Gasteiger partial charge in [-0.25, -0.2) is 0 Å². The van der Waals surface area contributed by atoms with E-state index in [1.54, 1.807) is 11.9 Å². The lowest BCUT2D eigenvalue weighted by atomic mass is 9.83. The van der Waals surface area contributed by atoms with E-state index in [-0.39, 0.29) is 23.9 Å². The number of rotatable bonds is 1. The zero-order valence-electron chi connectivity index (χ0n) is 10.3. The van der Waals surface area contributed by atoms with E-state index in [2.05, 4.69) is 5.32 Å². The summed E-state index contributed by atoms with van der Waals surface area (Å²) >= 11 is 0. The summed E-state index contributed by atoms with van der Waals surface area (Å²) in [5, 5.41) is 11.8. The number of carboxylic acid groups (broad SMARTS) is 1. The summed E-state index contributed by atoms with van der Waals surface area (Å²) in [5.74, 6) is -0.963. The number of nitrogens with one attached hydrogen (secondary N) is 1. The molecule has 0 spiro atoms. The number of hydrogen-bond acceptors (Lipinski definition) is 3. The molecule has 0 aromatic carbocycles. The molecular weight excluding hydrogens is 208 g/mol. The van der Waals surface area contributed by atoms with Gasteiger partial charge in [-0.1, -0.05) is 20.8 Å². The van der Waals surface area contributed by atoms with Gasteiger partial charge in [0.1, 0.15) is 6.04 Å². The third-order valence-electron chi connectivity index (χ3n) is 3.14. The Balaban J connectivity index is 2.97. The number of carbonyl (C=O) groups excluding carboxylic acids is 1. The van der Waals surface area contributed by atoms with E-state index in [0.717, 1.165) is 0 Å². The molecule has 1 fully saturated rings. The number of amides is 1. The highest BCUT2D eigenvalue weighted by molar-refractivity contribution is 5.80. The highest BCUT2D eigenvalue weighted by atomic mass is 16.4. The van der Waals surface area contributed by atoms with Gasteiger partial charge in [-0.15, -0.1) is 0 Å². The highest BCUT2D eigenvalue weighted by Gasteiger charge is 2.38. The maximum atomic E-state index is 11.5. The van der Waals surface area contributed by atoms with Gasteiger partial charge in [0, 0.05) is 19.0 Å². The maximum absolute atomic E-state index is 11.5. The second kappa shape index (κ2) is 4.41. The van der Waals surface area contributed by atoms with Crippen molar-refractivity contribution in [1.29, 1.82) is 0 Å². The first-order valence-electron chi connectivity index (χ1n) is 5.45. The summed E-state index contributed by atoms with van der Waals surface area (Å²) in [5.41, 5.74) is -0.121. The number of carbonyl (C=O) groups is 2. The lowest BCUT2D eigenvalue weighted by Gasteiger charge is -2.38. The molecule has 0 saturated carbocycles. The minimum Gasteiger partial charge on any atom is -0.480 e. The molecule has 5 nitrogen and oxygen atoms in total. The first kappa shape index (κ1) is 13.0. The van der Waals surface area contributed by atoms with Gasteiger partial charge in [0.25, 0.3) is 0 Å². The van der Waals surface area contributed by atoms with Crippen LogP contribution in [0.5, 0.6) is 0 Å². The van der Waals surface area contributed by atoms with Gasteiger partial charge < -0.3 is 10.4 Å². The van der Waals surface area contributed by atoms with Crippen LogP contribution in [0.25, 0.3) is 0 Å². The minimum absolute atomic E-state index is 0.0592. The van der Waals surface area contributed by atoms with E-state index in [1.807, 2.05) is 20.8 Å². The fourth-order valence-electron chi connectivity index (χ4n) is 2.14. The van der Waals surface area contributed by atoms with Gasteiger partial charge >= 0.3 is 5.97 Å². The van der Waals surface area contributed by atoms with Gasteiger partial charge in [-0.3, -0.25) is 14.5 Å². The van der Waals surface area contributed by atoms with Crippen molar-refractivity contribution in [1.82, 2.24) is 10.2 Å². The van der Waals surface area contributed by atoms with Gasteiger partial charge in [-0.05, 0) is 12.5 Å². The van der Waals surface area contributed by atoms with Gasteiger partial charge in [-0.2, -0.15) is 0 Å². The standard InChI is InChI=1S/C11H20N2O3/c1-11(2,3)8-5-9(14)12-6-7(10(15)16)13(8)4/h7-8H,5-6H2,1-4H3,(H,12,14)(H,15,16). The quantitative estimate of drug-likeness (QED) is 0.677. The summed E-state index contributed by atoms with van der Waals surface area (Å²) < 4.78 is 0. The van der Waals surface area contributed by atoms with Crippen molar-refractivity contribution in [2.45, 2.75) is 39.3 Å². The van der Waals surface area contributed by atoms with Crippen LogP contribution in [0.1, 0.15) is 27.2 Å². The monoisotopic (exact) mass is 228 g/mol. The van der Waals surface area contributed by atoms with Crippen LogP contribution in [0.2, 0.25) is 0 Å². The summed E-state index contributed by atoms with van der Waals surface area (Å²) in [4.78, 5) is 24.4. The van der Waals surface area contributed by atoms with E-state index in [1.165, 1.54) is 0 Å². The number of aliphatic carboxylic acids is 1. The number of nitrogens with zero attached hydrogens (tertiary/aromatic N) is 1. The Morgan fingerprint density at radius 2 is 2.06 bits per heavy atom. The molecule has 92 valence electrons. The SMILES string of the molecule is CN1C(C(=O)O)CNC(=O)CC1C(C)(C)C. The van der Waals surface area contributed by atoms with Crippen LogP contribution in [0.15, 0.2) is 0 Å². The second-order valence-corrected chi connectivity index (χ2v) is 5.41.